The summed E-state index contributed by atoms with van der Waals surface area (Å²) in [6, 6.07) is 68.7. The Morgan fingerprint density at radius 2 is 0.567 bits per heavy atom. The van der Waals surface area contributed by atoms with E-state index in [-0.39, 0.29) is 82.8 Å². The maximum atomic E-state index is 13.1. The van der Waals surface area contributed by atoms with Crippen molar-refractivity contribution in [1.82, 2.24) is 19.9 Å². The van der Waals surface area contributed by atoms with E-state index in [0.717, 1.165) is 71.6 Å². The van der Waals surface area contributed by atoms with E-state index in [1.54, 1.807) is 57.3 Å². The van der Waals surface area contributed by atoms with Gasteiger partial charge in [0.15, 0.2) is 17.5 Å². The lowest BCUT2D eigenvalue weighted by Gasteiger charge is -2.20. The van der Waals surface area contributed by atoms with E-state index >= 15 is 0 Å². The number of hydrogen-bond acceptors (Lipinski definition) is 8. The van der Waals surface area contributed by atoms with Crippen molar-refractivity contribution in [1.29, 1.82) is 21.0 Å². The number of rotatable bonds is 0. The quantitative estimate of drug-likeness (QED) is 0.108. The largest absolute Gasteiger partial charge is 0.260 e. The molecule has 0 aliphatic heterocycles. The maximum absolute atomic E-state index is 13.1. The molecule has 0 unspecified atom stereocenters. The highest BCUT2D eigenvalue weighted by Crippen LogP contribution is 2.34. The van der Waals surface area contributed by atoms with Crippen molar-refractivity contribution in [3.63, 3.8) is 0 Å². The van der Waals surface area contributed by atoms with Gasteiger partial charge in [0.2, 0.25) is 0 Å². The van der Waals surface area contributed by atoms with Gasteiger partial charge in [0.05, 0.1) is 46.7 Å². The van der Waals surface area contributed by atoms with Gasteiger partial charge in [0, 0.05) is 83.1 Å². The molecule has 0 saturated carbocycles. The molecule has 0 spiro atoms. The number of hydrogen-bond donors (Lipinski definition) is 0. The molecule has 0 bridgehead atoms. The normalized spacial score (nSPS) is 11.4. The summed E-state index contributed by atoms with van der Waals surface area (Å²) in [6.07, 6.45) is 6.61. The topological polar surface area (TPSA) is 147 Å². The van der Waals surface area contributed by atoms with Crippen molar-refractivity contribution < 1.29 is 39.5 Å². The molecule has 0 radical (unpaired) electrons. The number of nitrogens with zero attached hydrogens (tertiary/aromatic N) is 8. The molecule has 0 saturated heterocycles. The Morgan fingerprint density at radius 1 is 0.248 bits per heavy atom. The Labute approximate surface area is 861 Å². The molecule has 141 heavy (non-hydrogen) atoms. The highest BCUT2D eigenvalue weighted by molar-refractivity contribution is 9.10. The van der Waals surface area contributed by atoms with E-state index in [0.29, 0.717) is 38.8 Å². The van der Waals surface area contributed by atoms with Crippen LogP contribution in [0.25, 0.3) is 0 Å². The molecule has 0 amide bonds. The van der Waals surface area contributed by atoms with Crippen molar-refractivity contribution in [2.45, 2.75) is 321 Å². The Hall–Kier alpha value is -11.1. The van der Waals surface area contributed by atoms with Crippen LogP contribution in [0.1, 0.15) is 344 Å². The number of nitriles is 4. The summed E-state index contributed by atoms with van der Waals surface area (Å²) >= 11 is 12.5. The van der Waals surface area contributed by atoms with Crippen molar-refractivity contribution in [2.24, 2.45) is 0 Å². The van der Waals surface area contributed by atoms with Crippen LogP contribution in [-0.4, -0.2) is 19.9 Å². The minimum Gasteiger partial charge on any atom is -0.260 e. The van der Waals surface area contributed by atoms with Gasteiger partial charge in [0.1, 0.15) is 41.0 Å². The molecule has 0 aliphatic rings. The Balaban J connectivity index is 0.000000770. The molecule has 4 aromatic heterocycles. The summed E-state index contributed by atoms with van der Waals surface area (Å²) in [5.41, 5.74) is 15.8. The summed E-state index contributed by atoms with van der Waals surface area (Å²) in [5, 5.41) is 35.8. The van der Waals surface area contributed by atoms with E-state index in [1.807, 2.05) is 148 Å². The third-order valence-electron chi connectivity index (χ3n) is 20.7. The predicted molar refractivity (Wildman–Crippen MR) is 577 cm³/mol. The SMILES string of the molecule is CC(C)(C)c1cc(F)c(F)c(F)c1.CC(C)(C)c1ccc(Br)cn1.CC(C)(C)c1ccc(C#N)cc1C#N.CC(C)(C)c1ccc(C#N)cn1.CC(C)(C)c1ccc(Cl)cc1.CC(C)(C)c1ccc(F)cc1.CC(C)(C)c1ccc(F)cc1Br.CC(C)(C)c1ccc(F)cc1C#N.CC(C)(C)c1ccc(F)cc1F.CC(C)(C)c1ccc(F)cn1.CC(C)(C)c1ccccc1.Cc1ccc(C(C)(C)C)nc1. The second-order valence-corrected chi connectivity index (χ2v) is 48.4. The molecular weight excluding hydrogens is 1930 g/mol. The van der Waals surface area contributed by atoms with Gasteiger partial charge in [-0.25, -0.2) is 39.5 Å². The van der Waals surface area contributed by atoms with E-state index in [9.17, 15) is 39.5 Å². The third kappa shape index (κ3) is 49.5. The first-order valence-corrected chi connectivity index (χ1v) is 48.5. The monoisotopic (exact) mass is 2080 g/mol. The van der Waals surface area contributed by atoms with Crippen molar-refractivity contribution >= 4 is 43.5 Å². The Bertz CT molecular complexity index is 5590. The van der Waals surface area contributed by atoms with Crippen LogP contribution in [-0.2, 0) is 65.0 Å². The Kier molecular flexibility index (Phi) is 50.4. The average molecular weight is 2080 g/mol. The molecule has 758 valence electrons. The van der Waals surface area contributed by atoms with Crippen molar-refractivity contribution in [2.75, 3.05) is 0 Å². The first-order valence-electron chi connectivity index (χ1n) is 46.5. The fourth-order valence-electron chi connectivity index (χ4n) is 12.1. The minimum absolute atomic E-state index is 0.00764. The van der Waals surface area contributed by atoms with E-state index < -0.39 is 29.1 Å². The van der Waals surface area contributed by atoms with Crippen molar-refractivity contribution in [3.8, 4) is 24.3 Å². The van der Waals surface area contributed by atoms with Crippen LogP contribution in [0.3, 0.4) is 0 Å². The van der Waals surface area contributed by atoms with Gasteiger partial charge in [0.25, 0.3) is 0 Å². The molecule has 0 aliphatic carbocycles. The number of benzene rings is 8. The van der Waals surface area contributed by atoms with Crippen LogP contribution in [0, 0.1) is 105 Å². The second-order valence-electron chi connectivity index (χ2n) is 46.2. The zero-order chi connectivity index (χ0) is 109. The third-order valence-corrected chi connectivity index (χ3v) is 22.1. The molecule has 4 heterocycles. The van der Waals surface area contributed by atoms with Gasteiger partial charge >= 0.3 is 0 Å². The molecule has 12 aromatic rings. The number of pyridine rings is 4. The number of aryl methyl sites for hydroxylation is 1. The predicted octanol–water partition coefficient (Wildman–Crippen LogP) is 36.6. The second kappa shape index (κ2) is 55.5. The van der Waals surface area contributed by atoms with E-state index in [4.69, 9.17) is 32.6 Å². The van der Waals surface area contributed by atoms with Crippen LogP contribution >= 0.6 is 43.5 Å². The lowest BCUT2D eigenvalue weighted by molar-refractivity contribution is 0.439. The lowest BCUT2D eigenvalue weighted by atomic mass is 9.83. The van der Waals surface area contributed by atoms with Crippen LogP contribution < -0.4 is 0 Å². The highest BCUT2D eigenvalue weighted by Gasteiger charge is 2.26. The zero-order valence-corrected chi connectivity index (χ0v) is 94.1. The first kappa shape index (κ1) is 128. The first-order chi connectivity index (χ1) is 64.2. The summed E-state index contributed by atoms with van der Waals surface area (Å²) < 4.78 is 116. The van der Waals surface area contributed by atoms with Crippen LogP contribution in [0.2, 0.25) is 5.02 Å². The van der Waals surface area contributed by atoms with E-state index in [1.165, 1.54) is 83.0 Å². The van der Waals surface area contributed by atoms with Crippen LogP contribution in [0.15, 0.2) is 246 Å². The van der Waals surface area contributed by atoms with E-state index in [2.05, 4.69) is 286 Å². The van der Waals surface area contributed by atoms with Crippen molar-refractivity contribution in [3.05, 3.63) is 399 Å². The minimum atomic E-state index is -1.41. The van der Waals surface area contributed by atoms with Gasteiger partial charge in [-0.05, 0) is 238 Å². The molecule has 8 nitrogen and oxygen atoms in total. The van der Waals surface area contributed by atoms with Gasteiger partial charge in [-0.3, -0.25) is 19.9 Å². The summed E-state index contributed by atoms with van der Waals surface area (Å²) in [4.78, 5) is 16.8. The number of aromatic nitrogens is 4. The smallest absolute Gasteiger partial charge is 0.194 e. The van der Waals surface area contributed by atoms with Gasteiger partial charge in [-0.2, -0.15) is 21.0 Å². The van der Waals surface area contributed by atoms with Crippen LogP contribution in [0.5, 0.6) is 0 Å². The fourth-order valence-corrected chi connectivity index (χ4v) is 13.4. The molecule has 12 rings (SSSR count). The fraction of sp³-hybridized carbons (Fsp3) is 0.405. The van der Waals surface area contributed by atoms with Crippen LogP contribution in [0.4, 0.5) is 39.5 Å². The highest BCUT2D eigenvalue weighted by atomic mass is 79.9. The van der Waals surface area contributed by atoms with Gasteiger partial charge in [-0.1, -0.05) is 362 Å². The standard InChI is InChI=1S/C12H12N2.C11H12FN.C10H12BrF.C10H13Cl.C10H11F3.C10H12F2.C10H13F.C10H12N2.C10H15N.C10H14.C9H12BrN.C9H12FN/c1-12(2,3)11-5-4-9(7-13)6-10(11)8-14;1-11(2,3)10-5-4-9(12)6-8(10)7-13;1-10(2,3)8-5-4-7(12)6-9(8)11;1-10(2,3)8-4-6-9(11)7-5-8;1-10(2,3)6-4-7(11)9(13)8(12)5-6;1-10(2,3)8-5-4-7(11)6-9(8)12;1-10(2,3)8-4-6-9(11)7-5-8;1-10(2,3)9-5-4-8(6-11)7-12-9;1-8-5-6-9(11-7-8)10(2,3)4;1-10(2,3)9-7-5-4-6-8-9;2*1-9(2,3)8-5-4-7(10)6-11-8/h4-6H,1-3H3;4-6H,1-3H3;4-6H,1-3H3;4-7H,1-3H3;4-5H,1-3H3;4-6H,1-3H3;4-7H,1-3H3;4-5,7H,1-3H3;5-7H,1-4H3;4-8H,1-3H3;2*4-6H,1-3H3. The van der Waals surface area contributed by atoms with Gasteiger partial charge in [-0.15, -0.1) is 0 Å². The Morgan fingerprint density at radius 3 is 0.894 bits per heavy atom. The molecule has 0 N–H and O–H groups in total. The maximum Gasteiger partial charge on any atom is 0.194 e. The summed E-state index contributed by atoms with van der Waals surface area (Å²) in [5.74, 6) is -5.68. The number of halogens is 12. The lowest BCUT2D eigenvalue weighted by Crippen LogP contribution is -2.13. The molecule has 0 fully saturated rings. The molecular formula is C121H150Br2ClF9N8. The molecule has 20 heteroatoms. The average Bonchev–Trinajstić information content (AvgIpc) is 0.783. The van der Waals surface area contributed by atoms with Gasteiger partial charge < -0.3 is 0 Å². The molecule has 0 atom stereocenters. The summed E-state index contributed by atoms with van der Waals surface area (Å²) in [7, 11) is 0. The molecule has 8 aromatic carbocycles. The zero-order valence-electron chi connectivity index (χ0n) is 90.1. The summed E-state index contributed by atoms with van der Waals surface area (Å²) in [6.45, 7) is 76.6.